The van der Waals surface area contributed by atoms with E-state index in [1.807, 2.05) is 0 Å². The van der Waals surface area contributed by atoms with Crippen LogP contribution < -0.4 is 5.73 Å². The van der Waals surface area contributed by atoms with Crippen LogP contribution in [-0.2, 0) is 0 Å². The van der Waals surface area contributed by atoms with Crippen molar-refractivity contribution in [2.75, 3.05) is 0 Å². The first-order valence-electron chi connectivity index (χ1n) is 2.98. The van der Waals surface area contributed by atoms with Crippen LogP contribution in [0, 0.1) is 0 Å². The van der Waals surface area contributed by atoms with E-state index in [0.29, 0.717) is 4.47 Å². The summed E-state index contributed by atoms with van der Waals surface area (Å²) in [6.45, 7) is 0. The van der Waals surface area contributed by atoms with Gasteiger partial charge < -0.3 is 5.73 Å². The Bertz CT molecular complexity index is 270. The second kappa shape index (κ2) is 3.35. The molecule has 0 fully saturated rings. The van der Waals surface area contributed by atoms with E-state index < -0.39 is 12.2 Å². The van der Waals surface area contributed by atoms with Crippen molar-refractivity contribution in [2.45, 2.75) is 12.2 Å². The molecule has 0 aliphatic carbocycles. The Hall–Kier alpha value is -0.0700. The summed E-state index contributed by atoms with van der Waals surface area (Å²) < 4.78 is 36.6. The molecular weight excluding hydrogens is 255 g/mol. The molecule has 1 rings (SSSR count). The molecule has 0 spiro atoms. The van der Waals surface area contributed by atoms with Crippen LogP contribution in [0.5, 0.6) is 0 Å². The molecule has 0 unspecified atom stereocenters. The second-order valence-electron chi connectivity index (χ2n) is 2.15. The van der Waals surface area contributed by atoms with Gasteiger partial charge in [-0.25, -0.2) is 0 Å². The van der Waals surface area contributed by atoms with Gasteiger partial charge in [-0.15, -0.1) is 11.3 Å². The number of hydrogen-bond donors (Lipinski definition) is 1. The Balaban J connectivity index is 2.92. The zero-order valence-corrected chi connectivity index (χ0v) is 8.13. The first-order chi connectivity index (χ1) is 5.43. The molecule has 0 saturated carbocycles. The highest BCUT2D eigenvalue weighted by molar-refractivity contribution is 9.10. The van der Waals surface area contributed by atoms with Gasteiger partial charge >= 0.3 is 6.18 Å². The topological polar surface area (TPSA) is 26.0 Å². The van der Waals surface area contributed by atoms with Gasteiger partial charge in [-0.2, -0.15) is 13.2 Å². The summed E-state index contributed by atoms with van der Waals surface area (Å²) in [6, 6.07) is -0.335. The molecule has 1 atom stereocenters. The smallest absolute Gasteiger partial charge is 0.316 e. The maximum absolute atomic E-state index is 12.1. The first-order valence-corrected chi connectivity index (χ1v) is 4.65. The minimum atomic E-state index is -4.37. The van der Waals surface area contributed by atoms with Gasteiger partial charge in [0, 0.05) is 9.35 Å². The molecule has 2 N–H and O–H groups in total. The second-order valence-corrected chi connectivity index (χ2v) is 3.95. The van der Waals surface area contributed by atoms with Crippen molar-refractivity contribution >= 4 is 27.3 Å². The van der Waals surface area contributed by atoms with E-state index in [2.05, 4.69) is 15.9 Å². The molecule has 0 saturated heterocycles. The summed E-state index contributed by atoms with van der Waals surface area (Å²) in [4.78, 5) is 0.113. The normalized spacial score (nSPS) is 14.8. The van der Waals surface area contributed by atoms with E-state index >= 15 is 0 Å². The zero-order chi connectivity index (χ0) is 9.35. The molecule has 1 aromatic heterocycles. The fourth-order valence-corrected chi connectivity index (χ4v) is 2.32. The molecule has 1 nitrogen and oxygen atoms in total. The summed E-state index contributed by atoms with van der Waals surface area (Å²) in [5.41, 5.74) is 4.97. The van der Waals surface area contributed by atoms with Crippen molar-refractivity contribution in [1.82, 2.24) is 0 Å². The average molecular weight is 260 g/mol. The van der Waals surface area contributed by atoms with Gasteiger partial charge in [0.25, 0.3) is 0 Å². The van der Waals surface area contributed by atoms with Crippen molar-refractivity contribution in [3.8, 4) is 0 Å². The highest BCUT2D eigenvalue weighted by Crippen LogP contribution is 2.37. The number of thiophene rings is 1. The van der Waals surface area contributed by atoms with Crippen LogP contribution in [0.15, 0.2) is 15.9 Å². The van der Waals surface area contributed by atoms with Crippen molar-refractivity contribution in [1.29, 1.82) is 0 Å². The standard InChI is InChI=1S/C6H5BrF3NS/c7-3-1-2-12-4(3)5(11)6(8,9)10/h1-2,5H,11H2/t5-/m0/s1. The zero-order valence-electron chi connectivity index (χ0n) is 5.73. The lowest BCUT2D eigenvalue weighted by Gasteiger charge is -2.13. The van der Waals surface area contributed by atoms with E-state index in [0.717, 1.165) is 11.3 Å². The third kappa shape index (κ3) is 1.99. The van der Waals surface area contributed by atoms with E-state index in [4.69, 9.17) is 5.73 Å². The molecule has 1 aromatic rings. The van der Waals surface area contributed by atoms with Gasteiger partial charge in [-0.1, -0.05) is 0 Å². The maximum Gasteiger partial charge on any atom is 0.408 e. The van der Waals surface area contributed by atoms with Crippen molar-refractivity contribution in [3.05, 3.63) is 20.8 Å². The fourth-order valence-electron chi connectivity index (χ4n) is 0.676. The van der Waals surface area contributed by atoms with Crippen molar-refractivity contribution in [2.24, 2.45) is 5.73 Å². The molecule has 0 bridgehead atoms. The Labute approximate surface area is 79.5 Å². The summed E-state index contributed by atoms with van der Waals surface area (Å²) in [7, 11) is 0. The molecule has 0 radical (unpaired) electrons. The van der Waals surface area contributed by atoms with Gasteiger partial charge in [0.1, 0.15) is 6.04 Å². The van der Waals surface area contributed by atoms with Crippen LogP contribution in [0.4, 0.5) is 13.2 Å². The summed E-state index contributed by atoms with van der Waals surface area (Å²) in [5.74, 6) is 0. The van der Waals surface area contributed by atoms with E-state index in [1.165, 1.54) is 0 Å². The van der Waals surface area contributed by atoms with Crippen LogP contribution in [0.3, 0.4) is 0 Å². The molecule has 6 heteroatoms. The van der Waals surface area contributed by atoms with E-state index in [-0.39, 0.29) is 4.88 Å². The Kier molecular flexibility index (Phi) is 2.80. The van der Waals surface area contributed by atoms with Crippen LogP contribution in [0.25, 0.3) is 0 Å². The first kappa shape index (κ1) is 10.0. The van der Waals surface area contributed by atoms with Crippen LogP contribution in [0.2, 0.25) is 0 Å². The predicted octanol–water partition coefficient (Wildman–Crippen LogP) is 3.07. The third-order valence-corrected chi connectivity index (χ3v) is 3.23. The lowest BCUT2D eigenvalue weighted by molar-refractivity contribution is -0.148. The predicted molar refractivity (Wildman–Crippen MR) is 45.0 cm³/mol. The highest BCUT2D eigenvalue weighted by atomic mass is 79.9. The van der Waals surface area contributed by atoms with Crippen molar-refractivity contribution < 1.29 is 13.2 Å². The Morgan fingerprint density at radius 3 is 2.42 bits per heavy atom. The van der Waals surface area contributed by atoms with E-state index in [9.17, 15) is 13.2 Å². The molecule has 0 aliphatic rings. The monoisotopic (exact) mass is 259 g/mol. The Morgan fingerprint density at radius 1 is 1.50 bits per heavy atom. The van der Waals surface area contributed by atoms with Crippen LogP contribution in [0.1, 0.15) is 10.9 Å². The minimum absolute atomic E-state index is 0.113. The summed E-state index contributed by atoms with van der Waals surface area (Å²) in [5, 5.41) is 1.56. The lowest BCUT2D eigenvalue weighted by Crippen LogP contribution is -2.27. The minimum Gasteiger partial charge on any atom is -0.316 e. The van der Waals surface area contributed by atoms with Crippen molar-refractivity contribution in [3.63, 3.8) is 0 Å². The summed E-state index contributed by atoms with van der Waals surface area (Å²) >= 11 is 3.98. The van der Waals surface area contributed by atoms with E-state index in [1.54, 1.807) is 11.4 Å². The summed E-state index contributed by atoms with van der Waals surface area (Å²) in [6.07, 6.45) is -4.37. The molecule has 1 heterocycles. The lowest BCUT2D eigenvalue weighted by atomic mass is 10.2. The third-order valence-electron chi connectivity index (χ3n) is 1.28. The number of halogens is 4. The van der Waals surface area contributed by atoms with Gasteiger partial charge in [-0.3, -0.25) is 0 Å². The fraction of sp³-hybridized carbons (Fsp3) is 0.333. The quantitative estimate of drug-likeness (QED) is 0.825. The largest absolute Gasteiger partial charge is 0.408 e. The molecule has 0 aliphatic heterocycles. The number of hydrogen-bond acceptors (Lipinski definition) is 2. The van der Waals surface area contributed by atoms with Gasteiger partial charge in [0.05, 0.1) is 0 Å². The maximum atomic E-state index is 12.1. The number of rotatable bonds is 1. The van der Waals surface area contributed by atoms with Crippen LogP contribution >= 0.6 is 27.3 Å². The molecule has 0 amide bonds. The molecule has 0 aromatic carbocycles. The highest BCUT2D eigenvalue weighted by Gasteiger charge is 2.39. The van der Waals surface area contributed by atoms with Gasteiger partial charge in [0.15, 0.2) is 0 Å². The molecule has 68 valence electrons. The van der Waals surface area contributed by atoms with Gasteiger partial charge in [-0.05, 0) is 27.4 Å². The molecular formula is C6H5BrF3NS. The number of alkyl halides is 3. The SMILES string of the molecule is N[C@@H](c1sccc1Br)C(F)(F)F. The Morgan fingerprint density at radius 2 is 2.08 bits per heavy atom. The van der Waals surface area contributed by atoms with Crippen LogP contribution in [-0.4, -0.2) is 6.18 Å². The number of nitrogens with two attached hydrogens (primary N) is 1. The van der Waals surface area contributed by atoms with Gasteiger partial charge in [0.2, 0.25) is 0 Å². The molecule has 12 heavy (non-hydrogen) atoms. The average Bonchev–Trinajstić information content (AvgIpc) is 2.31.